The standard InChI is InChI=1S/C34H33N7O4/c1-34(2,21-35)24-11-13-25(14-12-24)41-31(44)18-10-23-20-36-27-16-15-26(38-32(27)33(23)41)22-9-17-28(37-19-22)39-29(42)7-5-3-4-6-8-30(43)40-45/h9-20,45H,3-8H2,1-2H3,(H,40,43)(H,37,39,42). The van der Waals surface area contributed by atoms with Crippen molar-refractivity contribution in [3.05, 3.63) is 89.0 Å². The predicted octanol–water partition coefficient (Wildman–Crippen LogP) is 5.58. The predicted molar refractivity (Wildman–Crippen MR) is 171 cm³/mol. The number of nitrogens with one attached hydrogen (secondary N) is 2. The second-order valence-electron chi connectivity index (χ2n) is 11.3. The molecule has 0 aliphatic carbocycles. The average molecular weight is 604 g/mol. The first kappa shape index (κ1) is 31.0. The van der Waals surface area contributed by atoms with Crippen LogP contribution in [0.5, 0.6) is 0 Å². The van der Waals surface area contributed by atoms with E-state index in [0.29, 0.717) is 53.0 Å². The van der Waals surface area contributed by atoms with Crippen molar-refractivity contribution in [2.45, 2.75) is 57.8 Å². The Hall–Kier alpha value is -5.47. The minimum atomic E-state index is -0.662. The third kappa shape index (κ3) is 7.03. The van der Waals surface area contributed by atoms with E-state index in [0.717, 1.165) is 29.4 Å². The minimum absolute atomic E-state index is 0.146. The van der Waals surface area contributed by atoms with E-state index in [4.69, 9.17) is 10.2 Å². The zero-order chi connectivity index (χ0) is 32.0. The molecule has 0 unspecified atom stereocenters. The third-order valence-corrected chi connectivity index (χ3v) is 7.70. The Morgan fingerprint density at radius 1 is 0.889 bits per heavy atom. The maximum atomic E-state index is 13.2. The number of hydroxylamine groups is 1. The largest absolute Gasteiger partial charge is 0.311 e. The topological polar surface area (TPSA) is 163 Å². The smallest absolute Gasteiger partial charge is 0.255 e. The monoisotopic (exact) mass is 603 g/mol. The Kier molecular flexibility index (Phi) is 9.25. The fraction of sp³-hybridized carbons (Fsp3) is 0.265. The number of benzene rings is 1. The molecule has 4 aromatic heterocycles. The van der Waals surface area contributed by atoms with Gasteiger partial charge in [-0.25, -0.2) is 15.4 Å². The number of pyridine rings is 4. The van der Waals surface area contributed by atoms with Gasteiger partial charge in [-0.1, -0.05) is 25.0 Å². The summed E-state index contributed by atoms with van der Waals surface area (Å²) < 4.78 is 1.61. The van der Waals surface area contributed by atoms with E-state index in [-0.39, 0.29) is 17.9 Å². The maximum absolute atomic E-state index is 13.2. The highest BCUT2D eigenvalue weighted by Crippen LogP contribution is 2.28. The lowest BCUT2D eigenvalue weighted by Crippen LogP contribution is -2.19. The van der Waals surface area contributed by atoms with Crippen molar-refractivity contribution >= 4 is 39.6 Å². The van der Waals surface area contributed by atoms with Crippen molar-refractivity contribution < 1.29 is 14.8 Å². The number of rotatable bonds is 11. The number of aromatic nitrogens is 4. The van der Waals surface area contributed by atoms with Gasteiger partial charge in [-0.3, -0.25) is 29.1 Å². The van der Waals surface area contributed by atoms with E-state index in [2.05, 4.69) is 21.4 Å². The van der Waals surface area contributed by atoms with Crippen LogP contribution in [0.4, 0.5) is 5.82 Å². The summed E-state index contributed by atoms with van der Waals surface area (Å²) in [6.45, 7) is 3.70. The molecule has 11 nitrogen and oxygen atoms in total. The fourth-order valence-electron chi connectivity index (χ4n) is 5.08. The lowest BCUT2D eigenvalue weighted by molar-refractivity contribution is -0.129. The summed E-state index contributed by atoms with van der Waals surface area (Å²) in [5, 5.41) is 21.6. The number of anilines is 1. The number of carbonyl (C=O) groups excluding carboxylic acids is 2. The maximum Gasteiger partial charge on any atom is 0.255 e. The van der Waals surface area contributed by atoms with E-state index < -0.39 is 11.3 Å². The summed E-state index contributed by atoms with van der Waals surface area (Å²) in [6, 6.07) is 20.2. The van der Waals surface area contributed by atoms with Gasteiger partial charge in [0.25, 0.3) is 5.56 Å². The zero-order valence-electron chi connectivity index (χ0n) is 25.1. The number of hydrogen-bond acceptors (Lipinski definition) is 8. The van der Waals surface area contributed by atoms with Gasteiger partial charge in [0.2, 0.25) is 11.8 Å². The van der Waals surface area contributed by atoms with Crippen molar-refractivity contribution in [2.24, 2.45) is 0 Å². The highest BCUT2D eigenvalue weighted by molar-refractivity contribution is 6.02. The molecule has 0 radical (unpaired) electrons. The molecule has 0 spiro atoms. The molecule has 0 saturated heterocycles. The molecule has 0 fully saturated rings. The van der Waals surface area contributed by atoms with Crippen LogP contribution in [-0.2, 0) is 15.0 Å². The second kappa shape index (κ2) is 13.4. The number of unbranched alkanes of at least 4 members (excludes halogenated alkanes) is 3. The zero-order valence-corrected chi connectivity index (χ0v) is 25.1. The summed E-state index contributed by atoms with van der Waals surface area (Å²) in [6.07, 6.45) is 6.87. The highest BCUT2D eigenvalue weighted by atomic mass is 16.5. The van der Waals surface area contributed by atoms with Crippen molar-refractivity contribution in [2.75, 3.05) is 5.32 Å². The van der Waals surface area contributed by atoms with E-state index in [1.165, 1.54) is 6.07 Å². The van der Waals surface area contributed by atoms with Gasteiger partial charge in [-0.15, -0.1) is 0 Å². The summed E-state index contributed by atoms with van der Waals surface area (Å²) in [5.41, 5.74) is 5.39. The molecule has 4 heterocycles. The molecule has 1 aromatic carbocycles. The third-order valence-electron chi connectivity index (χ3n) is 7.70. The Balaban J connectivity index is 1.37. The number of nitriles is 1. The second-order valence-corrected chi connectivity index (χ2v) is 11.3. The van der Waals surface area contributed by atoms with E-state index in [1.54, 1.807) is 34.6 Å². The summed E-state index contributed by atoms with van der Waals surface area (Å²) >= 11 is 0. The number of nitrogens with zero attached hydrogens (tertiary/aromatic N) is 5. The molecule has 0 saturated carbocycles. The Labute approximate surface area is 259 Å². The van der Waals surface area contributed by atoms with Gasteiger partial charge >= 0.3 is 0 Å². The molecule has 0 atom stereocenters. The fourth-order valence-corrected chi connectivity index (χ4v) is 5.08. The van der Waals surface area contributed by atoms with Gasteiger partial charge in [-0.05, 0) is 74.7 Å². The Bertz CT molecular complexity index is 1960. The van der Waals surface area contributed by atoms with Gasteiger partial charge in [0.15, 0.2) is 0 Å². The Morgan fingerprint density at radius 3 is 2.29 bits per heavy atom. The molecule has 0 aliphatic rings. The van der Waals surface area contributed by atoms with Crippen molar-refractivity contribution in [3.63, 3.8) is 0 Å². The Morgan fingerprint density at radius 2 is 1.62 bits per heavy atom. The molecular weight excluding hydrogens is 570 g/mol. The summed E-state index contributed by atoms with van der Waals surface area (Å²) in [5.74, 6) is -0.130. The van der Waals surface area contributed by atoms with Gasteiger partial charge in [0.1, 0.15) is 11.3 Å². The van der Waals surface area contributed by atoms with Crippen molar-refractivity contribution in [1.29, 1.82) is 5.26 Å². The van der Waals surface area contributed by atoms with Crippen LogP contribution in [-0.4, -0.2) is 36.5 Å². The van der Waals surface area contributed by atoms with Crippen LogP contribution in [0.15, 0.2) is 77.9 Å². The first-order chi connectivity index (χ1) is 21.7. The molecule has 11 heteroatoms. The first-order valence-electron chi connectivity index (χ1n) is 14.7. The minimum Gasteiger partial charge on any atom is -0.311 e. The molecule has 228 valence electrons. The van der Waals surface area contributed by atoms with Crippen LogP contribution in [0.2, 0.25) is 0 Å². The average Bonchev–Trinajstić information content (AvgIpc) is 3.06. The molecule has 5 rings (SSSR count). The lowest BCUT2D eigenvalue weighted by Gasteiger charge is -2.17. The van der Waals surface area contributed by atoms with Crippen molar-refractivity contribution in [3.8, 4) is 23.0 Å². The van der Waals surface area contributed by atoms with Crippen LogP contribution in [0, 0.1) is 11.3 Å². The molecule has 5 aromatic rings. The van der Waals surface area contributed by atoms with E-state index in [9.17, 15) is 19.6 Å². The lowest BCUT2D eigenvalue weighted by atomic mass is 9.86. The number of amides is 2. The molecule has 0 aliphatic heterocycles. The summed E-state index contributed by atoms with van der Waals surface area (Å²) in [7, 11) is 0. The summed E-state index contributed by atoms with van der Waals surface area (Å²) in [4.78, 5) is 50.5. The first-order valence-corrected chi connectivity index (χ1v) is 14.7. The van der Waals surface area contributed by atoms with Gasteiger partial charge in [0.05, 0.1) is 28.2 Å². The van der Waals surface area contributed by atoms with E-state index >= 15 is 0 Å². The quantitative estimate of drug-likeness (QED) is 0.0762. The van der Waals surface area contributed by atoms with Crippen LogP contribution >= 0.6 is 0 Å². The van der Waals surface area contributed by atoms with Crippen LogP contribution < -0.4 is 16.4 Å². The van der Waals surface area contributed by atoms with Gasteiger partial charge < -0.3 is 5.32 Å². The van der Waals surface area contributed by atoms with Crippen LogP contribution in [0.1, 0.15) is 57.9 Å². The van der Waals surface area contributed by atoms with Gasteiger partial charge in [0, 0.05) is 47.9 Å². The molecule has 0 bridgehead atoms. The molecular formula is C34H33N7O4. The normalized spacial score (nSPS) is 11.3. The highest BCUT2D eigenvalue weighted by Gasteiger charge is 2.20. The SMILES string of the molecule is CC(C)(C#N)c1ccc(-n2c(=O)ccc3cnc4ccc(-c5ccc(NC(=O)CCCCCCC(=O)NO)nc5)nc4c32)cc1. The van der Waals surface area contributed by atoms with Crippen LogP contribution in [0.25, 0.3) is 38.9 Å². The number of carbonyl (C=O) groups is 2. The molecule has 3 N–H and O–H groups in total. The molecule has 45 heavy (non-hydrogen) atoms. The molecule has 2 amide bonds. The van der Waals surface area contributed by atoms with E-state index in [1.807, 2.05) is 56.3 Å². The number of hydrogen-bond donors (Lipinski definition) is 3. The number of fused-ring (bicyclic) bond motifs is 3. The van der Waals surface area contributed by atoms with Crippen LogP contribution in [0.3, 0.4) is 0 Å². The van der Waals surface area contributed by atoms with Gasteiger partial charge in [-0.2, -0.15) is 5.26 Å². The van der Waals surface area contributed by atoms with Crippen molar-refractivity contribution in [1.82, 2.24) is 25.0 Å².